The zero-order valence-electron chi connectivity index (χ0n) is 14.5. The number of sulfonamides is 1. The molecule has 10 heteroatoms. The fraction of sp³-hybridized carbons (Fsp3) is 0.176. The molecule has 0 spiro atoms. The van der Waals surface area contributed by atoms with Crippen molar-refractivity contribution in [2.45, 2.75) is 6.92 Å². The molecule has 0 aromatic heterocycles. The van der Waals surface area contributed by atoms with Crippen LogP contribution >= 0.6 is 0 Å². The Kier molecular flexibility index (Phi) is 6.11. The van der Waals surface area contributed by atoms with Gasteiger partial charge >= 0.3 is 0 Å². The van der Waals surface area contributed by atoms with Gasteiger partial charge in [0, 0.05) is 24.4 Å². The quantitative estimate of drug-likeness (QED) is 0.782. The second-order valence-corrected chi connectivity index (χ2v) is 7.59. The maximum absolute atomic E-state index is 13.2. The molecule has 0 saturated heterocycles. The van der Waals surface area contributed by atoms with Gasteiger partial charge in [0.2, 0.25) is 21.8 Å². The molecule has 2 aromatic rings. The average molecular weight is 397 g/mol. The van der Waals surface area contributed by atoms with Crippen LogP contribution in [0.2, 0.25) is 0 Å². The van der Waals surface area contributed by atoms with Crippen LogP contribution in [0.1, 0.15) is 6.92 Å². The summed E-state index contributed by atoms with van der Waals surface area (Å²) in [4.78, 5) is 23.4. The van der Waals surface area contributed by atoms with Gasteiger partial charge < -0.3 is 10.6 Å². The number of hydrogen-bond donors (Lipinski definition) is 2. The molecule has 0 aliphatic heterocycles. The van der Waals surface area contributed by atoms with E-state index in [9.17, 15) is 26.8 Å². The van der Waals surface area contributed by atoms with Crippen molar-refractivity contribution in [2.75, 3.05) is 27.7 Å². The number of nitrogens with one attached hydrogen (secondary N) is 2. The maximum atomic E-state index is 13.2. The van der Waals surface area contributed by atoms with E-state index in [2.05, 4.69) is 10.6 Å². The van der Waals surface area contributed by atoms with Gasteiger partial charge in [0.15, 0.2) is 11.6 Å². The van der Waals surface area contributed by atoms with Crippen LogP contribution in [0, 0.1) is 11.6 Å². The molecule has 0 atom stereocenters. The minimum absolute atomic E-state index is 0.0145. The van der Waals surface area contributed by atoms with E-state index >= 15 is 0 Å². The minimum Gasteiger partial charge on any atom is -0.326 e. The molecule has 2 aromatic carbocycles. The minimum atomic E-state index is -3.84. The van der Waals surface area contributed by atoms with Gasteiger partial charge in [-0.25, -0.2) is 17.2 Å². The van der Waals surface area contributed by atoms with E-state index in [4.69, 9.17) is 0 Å². The molecule has 2 amide bonds. The third kappa shape index (κ3) is 5.74. The van der Waals surface area contributed by atoms with E-state index in [0.29, 0.717) is 5.69 Å². The normalized spacial score (nSPS) is 11.0. The first kappa shape index (κ1) is 20.3. The van der Waals surface area contributed by atoms with E-state index in [1.54, 1.807) is 6.07 Å². The number of benzene rings is 2. The summed E-state index contributed by atoms with van der Waals surface area (Å²) in [5.41, 5.74) is 0.498. The highest BCUT2D eigenvalue weighted by Crippen LogP contribution is 2.22. The van der Waals surface area contributed by atoms with Crippen molar-refractivity contribution >= 4 is 38.9 Å². The summed E-state index contributed by atoms with van der Waals surface area (Å²) in [6, 6.07) is 8.72. The summed E-state index contributed by atoms with van der Waals surface area (Å²) < 4.78 is 51.2. The molecule has 0 aliphatic rings. The summed E-state index contributed by atoms with van der Waals surface area (Å²) in [5.74, 6) is -3.30. The number of amides is 2. The van der Waals surface area contributed by atoms with Crippen LogP contribution < -0.4 is 14.9 Å². The Bertz CT molecular complexity index is 980. The van der Waals surface area contributed by atoms with Crippen molar-refractivity contribution in [3.63, 3.8) is 0 Å². The molecule has 7 nitrogen and oxygen atoms in total. The molecule has 0 fully saturated rings. The molecular weight excluding hydrogens is 380 g/mol. The molecule has 0 heterocycles. The lowest BCUT2D eigenvalue weighted by molar-refractivity contribution is -0.115. The zero-order valence-corrected chi connectivity index (χ0v) is 15.3. The predicted molar refractivity (Wildman–Crippen MR) is 97.9 cm³/mol. The SMILES string of the molecule is CC(=O)Nc1cccc(N(CC(=O)Nc2ccc(F)c(F)c2)S(C)(=O)=O)c1. The second-order valence-electron chi connectivity index (χ2n) is 5.68. The summed E-state index contributed by atoms with van der Waals surface area (Å²) in [5, 5.41) is 4.83. The number of carbonyl (C=O) groups is 2. The predicted octanol–water partition coefficient (Wildman–Crippen LogP) is 2.33. The second kappa shape index (κ2) is 8.12. The van der Waals surface area contributed by atoms with E-state index in [1.807, 2.05) is 0 Å². The number of halogens is 2. The van der Waals surface area contributed by atoms with Gasteiger partial charge in [-0.15, -0.1) is 0 Å². The Balaban J connectivity index is 2.23. The number of carbonyl (C=O) groups excluding carboxylic acids is 2. The van der Waals surface area contributed by atoms with Crippen molar-refractivity contribution in [1.29, 1.82) is 0 Å². The molecule has 144 valence electrons. The lowest BCUT2D eigenvalue weighted by Crippen LogP contribution is -2.37. The number of anilines is 3. The van der Waals surface area contributed by atoms with Crippen LogP contribution in [0.3, 0.4) is 0 Å². The average Bonchev–Trinajstić information content (AvgIpc) is 2.54. The third-order valence-electron chi connectivity index (χ3n) is 3.35. The Labute approximate surface area is 155 Å². The zero-order chi connectivity index (χ0) is 20.2. The van der Waals surface area contributed by atoms with E-state index in [0.717, 1.165) is 28.8 Å². The third-order valence-corrected chi connectivity index (χ3v) is 4.49. The Hall–Kier alpha value is -3.01. The Morgan fingerprint density at radius 2 is 1.67 bits per heavy atom. The standard InChI is InChI=1S/C17H17F2N3O4S/c1-11(23)20-12-4-3-5-14(8-12)22(27(2,25)26)10-17(24)21-13-6-7-15(18)16(19)9-13/h3-9H,10H2,1-2H3,(H,20,23)(H,21,24). The van der Waals surface area contributed by atoms with Crippen molar-refractivity contribution in [3.8, 4) is 0 Å². The largest absolute Gasteiger partial charge is 0.326 e. The van der Waals surface area contributed by atoms with Crippen molar-refractivity contribution in [2.24, 2.45) is 0 Å². The highest BCUT2D eigenvalue weighted by Gasteiger charge is 2.21. The summed E-state index contributed by atoms with van der Waals surface area (Å²) in [7, 11) is -3.84. The van der Waals surface area contributed by atoms with Crippen molar-refractivity contribution < 1.29 is 26.8 Å². The number of hydrogen-bond acceptors (Lipinski definition) is 4. The lowest BCUT2D eigenvalue weighted by atomic mass is 10.2. The molecule has 2 N–H and O–H groups in total. The van der Waals surface area contributed by atoms with Crippen LogP contribution in [-0.2, 0) is 19.6 Å². The molecule has 0 saturated carbocycles. The Morgan fingerprint density at radius 3 is 2.26 bits per heavy atom. The van der Waals surface area contributed by atoms with Crippen molar-refractivity contribution in [1.82, 2.24) is 0 Å². The molecule has 0 unspecified atom stereocenters. The van der Waals surface area contributed by atoms with Gasteiger partial charge in [-0.1, -0.05) is 6.07 Å². The highest BCUT2D eigenvalue weighted by atomic mass is 32.2. The first-order valence-corrected chi connectivity index (χ1v) is 9.51. The first-order chi connectivity index (χ1) is 12.6. The van der Waals surface area contributed by atoms with E-state index < -0.39 is 34.1 Å². The molecular formula is C17H17F2N3O4S. The smallest absolute Gasteiger partial charge is 0.245 e. The van der Waals surface area contributed by atoms with Crippen LogP contribution in [0.25, 0.3) is 0 Å². The summed E-state index contributed by atoms with van der Waals surface area (Å²) in [6.07, 6.45) is 0.920. The van der Waals surface area contributed by atoms with Crippen LogP contribution in [0.15, 0.2) is 42.5 Å². The topological polar surface area (TPSA) is 95.6 Å². The maximum Gasteiger partial charge on any atom is 0.245 e. The van der Waals surface area contributed by atoms with E-state index in [-0.39, 0.29) is 17.3 Å². The first-order valence-electron chi connectivity index (χ1n) is 7.66. The number of nitrogens with zero attached hydrogens (tertiary/aromatic N) is 1. The molecule has 0 radical (unpaired) electrons. The van der Waals surface area contributed by atoms with Crippen LogP contribution in [0.4, 0.5) is 25.8 Å². The monoisotopic (exact) mass is 397 g/mol. The van der Waals surface area contributed by atoms with Crippen LogP contribution in [0.5, 0.6) is 0 Å². The van der Waals surface area contributed by atoms with Gasteiger partial charge in [-0.3, -0.25) is 13.9 Å². The van der Waals surface area contributed by atoms with E-state index in [1.165, 1.54) is 25.1 Å². The van der Waals surface area contributed by atoms with Gasteiger partial charge in [0.05, 0.1) is 11.9 Å². The molecule has 0 aliphatic carbocycles. The fourth-order valence-corrected chi connectivity index (χ4v) is 3.10. The van der Waals surface area contributed by atoms with Gasteiger partial charge in [0.25, 0.3) is 0 Å². The fourth-order valence-electron chi connectivity index (χ4n) is 2.25. The van der Waals surface area contributed by atoms with Gasteiger partial charge in [-0.05, 0) is 30.3 Å². The molecule has 0 bridgehead atoms. The molecule has 27 heavy (non-hydrogen) atoms. The van der Waals surface area contributed by atoms with Crippen LogP contribution in [-0.4, -0.2) is 33.0 Å². The summed E-state index contributed by atoms with van der Waals surface area (Å²) in [6.45, 7) is 0.706. The summed E-state index contributed by atoms with van der Waals surface area (Å²) >= 11 is 0. The lowest BCUT2D eigenvalue weighted by Gasteiger charge is -2.22. The Morgan fingerprint density at radius 1 is 1.00 bits per heavy atom. The van der Waals surface area contributed by atoms with Gasteiger partial charge in [-0.2, -0.15) is 0 Å². The number of rotatable bonds is 6. The van der Waals surface area contributed by atoms with Crippen molar-refractivity contribution in [3.05, 3.63) is 54.1 Å². The van der Waals surface area contributed by atoms with Gasteiger partial charge in [0.1, 0.15) is 6.54 Å². The highest BCUT2D eigenvalue weighted by molar-refractivity contribution is 7.92. The molecule has 2 rings (SSSR count).